The molecule has 2 rings (SSSR count). The summed E-state index contributed by atoms with van der Waals surface area (Å²) < 4.78 is 1.08. The molecule has 0 aliphatic carbocycles. The van der Waals surface area contributed by atoms with Crippen LogP contribution in [0.4, 0.5) is 5.69 Å². The fourth-order valence-corrected chi connectivity index (χ4v) is 2.66. The van der Waals surface area contributed by atoms with Crippen molar-refractivity contribution in [1.82, 2.24) is 0 Å². The fraction of sp³-hybridized carbons (Fsp3) is 0.538. The lowest BCUT2D eigenvalue weighted by Gasteiger charge is -2.39. The average Bonchev–Trinajstić information content (AvgIpc) is 2.29. The molecular weight excluding hydrogens is 280 g/mol. The summed E-state index contributed by atoms with van der Waals surface area (Å²) in [4.78, 5) is 2.26. The maximum Gasteiger partial charge on any atom is 0.0557 e. The highest BCUT2D eigenvalue weighted by Gasteiger charge is 2.28. The lowest BCUT2D eigenvalue weighted by Crippen LogP contribution is -2.49. The van der Waals surface area contributed by atoms with Gasteiger partial charge in [-0.05, 0) is 37.6 Å². The molecule has 1 aromatic rings. The van der Waals surface area contributed by atoms with Crippen molar-refractivity contribution in [2.24, 2.45) is 11.7 Å². The third-order valence-electron chi connectivity index (χ3n) is 3.39. The molecule has 3 nitrogen and oxygen atoms in total. The molecule has 94 valence electrons. The lowest BCUT2D eigenvalue weighted by atomic mass is 9.90. The summed E-state index contributed by atoms with van der Waals surface area (Å²) >= 11 is 3.43. The van der Waals surface area contributed by atoms with Crippen molar-refractivity contribution in [2.75, 3.05) is 18.0 Å². The molecule has 1 aliphatic rings. The van der Waals surface area contributed by atoms with Crippen LogP contribution in [-0.2, 0) is 0 Å². The molecule has 0 bridgehead atoms. The number of aliphatic hydroxyl groups is 1. The van der Waals surface area contributed by atoms with Gasteiger partial charge in [-0.25, -0.2) is 0 Å². The van der Waals surface area contributed by atoms with E-state index in [1.807, 2.05) is 19.1 Å². The van der Waals surface area contributed by atoms with Crippen LogP contribution < -0.4 is 10.6 Å². The number of rotatable bonds is 2. The number of halogens is 1. The summed E-state index contributed by atoms with van der Waals surface area (Å²) in [6.07, 6.45) is 0.615. The van der Waals surface area contributed by atoms with Crippen LogP contribution in [-0.4, -0.2) is 30.3 Å². The van der Waals surface area contributed by atoms with Crippen LogP contribution in [0.1, 0.15) is 13.3 Å². The van der Waals surface area contributed by atoms with Gasteiger partial charge >= 0.3 is 0 Å². The summed E-state index contributed by atoms with van der Waals surface area (Å²) in [5.74, 6) is 0.266. The van der Waals surface area contributed by atoms with Crippen molar-refractivity contribution in [1.29, 1.82) is 0 Å². The molecule has 1 aliphatic heterocycles. The van der Waals surface area contributed by atoms with Crippen LogP contribution in [0.5, 0.6) is 0 Å². The second-order valence-corrected chi connectivity index (χ2v) is 5.79. The van der Waals surface area contributed by atoms with Crippen LogP contribution in [0, 0.1) is 5.92 Å². The van der Waals surface area contributed by atoms with E-state index in [2.05, 4.69) is 33.0 Å². The van der Waals surface area contributed by atoms with Gasteiger partial charge in [0.25, 0.3) is 0 Å². The van der Waals surface area contributed by atoms with E-state index in [4.69, 9.17) is 5.73 Å². The van der Waals surface area contributed by atoms with Gasteiger partial charge in [-0.1, -0.05) is 15.9 Å². The Kier molecular flexibility index (Phi) is 4.07. The van der Waals surface area contributed by atoms with E-state index >= 15 is 0 Å². The van der Waals surface area contributed by atoms with Crippen molar-refractivity contribution in [2.45, 2.75) is 25.5 Å². The van der Waals surface area contributed by atoms with E-state index in [1.165, 1.54) is 5.69 Å². The summed E-state index contributed by atoms with van der Waals surface area (Å²) in [6, 6.07) is 8.38. The molecule has 0 spiro atoms. The van der Waals surface area contributed by atoms with E-state index in [0.29, 0.717) is 0 Å². The number of anilines is 1. The zero-order chi connectivity index (χ0) is 12.4. The average molecular weight is 299 g/mol. The van der Waals surface area contributed by atoms with Gasteiger partial charge in [-0.15, -0.1) is 0 Å². The Morgan fingerprint density at radius 1 is 1.35 bits per heavy atom. The number of hydrogen-bond donors (Lipinski definition) is 2. The van der Waals surface area contributed by atoms with Gasteiger partial charge in [0, 0.05) is 35.2 Å². The van der Waals surface area contributed by atoms with Crippen molar-refractivity contribution in [3.63, 3.8) is 0 Å². The largest absolute Gasteiger partial charge is 0.393 e. The summed E-state index contributed by atoms with van der Waals surface area (Å²) in [5, 5.41) is 9.71. The maximum absolute atomic E-state index is 9.71. The van der Waals surface area contributed by atoms with Crippen molar-refractivity contribution >= 4 is 21.6 Å². The minimum Gasteiger partial charge on any atom is -0.393 e. The monoisotopic (exact) mass is 298 g/mol. The number of hydrogen-bond acceptors (Lipinski definition) is 3. The summed E-state index contributed by atoms with van der Waals surface area (Å²) in [5.41, 5.74) is 7.23. The molecule has 17 heavy (non-hydrogen) atoms. The van der Waals surface area contributed by atoms with Gasteiger partial charge in [0.1, 0.15) is 0 Å². The third kappa shape index (κ3) is 3.21. The number of piperidine rings is 1. The molecule has 3 unspecified atom stereocenters. The first-order valence-electron chi connectivity index (χ1n) is 6.00. The first kappa shape index (κ1) is 12.9. The van der Waals surface area contributed by atoms with Crippen LogP contribution in [0.15, 0.2) is 28.7 Å². The molecule has 1 aromatic carbocycles. The van der Waals surface area contributed by atoms with Gasteiger partial charge in [0.15, 0.2) is 0 Å². The zero-order valence-corrected chi connectivity index (χ0v) is 11.6. The molecule has 1 saturated heterocycles. The fourth-order valence-electron chi connectivity index (χ4n) is 2.39. The molecule has 0 amide bonds. The SMILES string of the molecule is CC(O)C1CC(N)CN(c2ccc(Br)cc2)C1. The molecule has 0 radical (unpaired) electrons. The standard InChI is InChI=1S/C13H19BrN2O/c1-9(17)10-6-12(15)8-16(7-10)13-4-2-11(14)3-5-13/h2-5,9-10,12,17H,6-8,15H2,1H3. The molecule has 0 aromatic heterocycles. The minimum absolute atomic E-state index is 0.145. The smallest absolute Gasteiger partial charge is 0.0557 e. The van der Waals surface area contributed by atoms with E-state index in [1.54, 1.807) is 0 Å². The Morgan fingerprint density at radius 2 is 2.00 bits per heavy atom. The highest BCUT2D eigenvalue weighted by atomic mass is 79.9. The quantitative estimate of drug-likeness (QED) is 0.878. The van der Waals surface area contributed by atoms with Gasteiger partial charge in [-0.3, -0.25) is 0 Å². The third-order valence-corrected chi connectivity index (χ3v) is 3.92. The van der Waals surface area contributed by atoms with Crippen molar-refractivity contribution < 1.29 is 5.11 Å². The van der Waals surface area contributed by atoms with Gasteiger partial charge < -0.3 is 15.7 Å². The van der Waals surface area contributed by atoms with Gasteiger partial charge in [0.2, 0.25) is 0 Å². The van der Waals surface area contributed by atoms with E-state index < -0.39 is 0 Å². The van der Waals surface area contributed by atoms with Gasteiger partial charge in [-0.2, -0.15) is 0 Å². The number of aliphatic hydroxyl groups excluding tert-OH is 1. The predicted octanol–water partition coefficient (Wildman–Crippen LogP) is 1.98. The molecule has 1 heterocycles. The van der Waals surface area contributed by atoms with Gasteiger partial charge in [0.05, 0.1) is 6.10 Å². The highest BCUT2D eigenvalue weighted by Crippen LogP contribution is 2.25. The minimum atomic E-state index is -0.292. The number of nitrogens with two attached hydrogens (primary N) is 1. The molecule has 3 atom stereocenters. The summed E-state index contributed by atoms with van der Waals surface area (Å²) in [7, 11) is 0. The summed E-state index contributed by atoms with van der Waals surface area (Å²) in [6.45, 7) is 3.60. The van der Waals surface area contributed by atoms with Crippen LogP contribution in [0.25, 0.3) is 0 Å². The van der Waals surface area contributed by atoms with E-state index in [9.17, 15) is 5.11 Å². The Bertz CT molecular complexity index is 366. The Labute approximate surface area is 111 Å². The second kappa shape index (κ2) is 5.38. The molecular formula is C13H19BrN2O. The molecule has 1 fully saturated rings. The first-order chi connectivity index (χ1) is 8.06. The second-order valence-electron chi connectivity index (χ2n) is 4.88. The molecule has 3 N–H and O–H groups in total. The number of nitrogens with zero attached hydrogens (tertiary/aromatic N) is 1. The molecule has 0 saturated carbocycles. The van der Waals surface area contributed by atoms with Crippen LogP contribution in [0.2, 0.25) is 0 Å². The predicted molar refractivity (Wildman–Crippen MR) is 74.1 cm³/mol. The lowest BCUT2D eigenvalue weighted by molar-refractivity contribution is 0.110. The van der Waals surface area contributed by atoms with E-state index in [-0.39, 0.29) is 18.1 Å². The molecule has 4 heteroatoms. The van der Waals surface area contributed by atoms with Crippen molar-refractivity contribution in [3.8, 4) is 0 Å². The first-order valence-corrected chi connectivity index (χ1v) is 6.79. The normalized spacial score (nSPS) is 26.9. The van der Waals surface area contributed by atoms with Crippen LogP contribution in [0.3, 0.4) is 0 Å². The highest BCUT2D eigenvalue weighted by molar-refractivity contribution is 9.10. The zero-order valence-electron chi connectivity index (χ0n) is 10.0. The van der Waals surface area contributed by atoms with E-state index in [0.717, 1.165) is 24.0 Å². The Hall–Kier alpha value is -0.580. The van der Waals surface area contributed by atoms with Crippen LogP contribution >= 0.6 is 15.9 Å². The maximum atomic E-state index is 9.71. The Morgan fingerprint density at radius 3 is 2.59 bits per heavy atom. The van der Waals surface area contributed by atoms with Crippen molar-refractivity contribution in [3.05, 3.63) is 28.7 Å². The number of benzene rings is 1. The topological polar surface area (TPSA) is 49.5 Å². The Balaban J connectivity index is 2.12.